The van der Waals surface area contributed by atoms with Gasteiger partial charge in [0.15, 0.2) is 0 Å². The van der Waals surface area contributed by atoms with Crippen molar-refractivity contribution >= 4 is 15.7 Å². The first-order valence-electron chi connectivity index (χ1n) is 5.57. The molecule has 0 aromatic heterocycles. The highest BCUT2D eigenvalue weighted by Crippen LogP contribution is 2.18. The molecule has 92 valence electrons. The number of rotatable bonds is 4. The molecular formula is C12H16N2O2S. The van der Waals surface area contributed by atoms with Gasteiger partial charge in [0.1, 0.15) is 0 Å². The van der Waals surface area contributed by atoms with E-state index in [0.29, 0.717) is 6.04 Å². The zero-order chi connectivity index (χ0) is 12.3. The third-order valence-corrected chi connectivity index (χ3v) is 4.24. The van der Waals surface area contributed by atoms with Gasteiger partial charge in [0.25, 0.3) is 0 Å². The fraction of sp³-hybridized carbons (Fsp3) is 0.333. The minimum atomic E-state index is -3.33. The van der Waals surface area contributed by atoms with Gasteiger partial charge in [0, 0.05) is 11.7 Å². The second-order valence-electron chi connectivity index (χ2n) is 4.02. The molecule has 1 aliphatic carbocycles. The van der Waals surface area contributed by atoms with Crippen LogP contribution >= 0.6 is 0 Å². The highest BCUT2D eigenvalue weighted by Gasteiger charge is 2.12. The normalized spacial score (nSPS) is 16.3. The van der Waals surface area contributed by atoms with Crippen LogP contribution in [0.2, 0.25) is 0 Å². The van der Waals surface area contributed by atoms with Crippen LogP contribution in [-0.4, -0.2) is 21.5 Å². The highest BCUT2D eigenvalue weighted by molar-refractivity contribution is 7.89. The first-order chi connectivity index (χ1) is 8.12. The van der Waals surface area contributed by atoms with E-state index in [9.17, 15) is 8.42 Å². The maximum absolute atomic E-state index is 11.5. The number of hydrogen-bond acceptors (Lipinski definition) is 3. The minimum absolute atomic E-state index is 0.287. The SMILES string of the molecule is CNS(=O)(=O)c1ccc(NC2CC=CC2)cc1. The molecule has 0 fully saturated rings. The van der Waals surface area contributed by atoms with Gasteiger partial charge in [-0.1, -0.05) is 12.2 Å². The summed E-state index contributed by atoms with van der Waals surface area (Å²) in [5.74, 6) is 0. The first kappa shape index (κ1) is 12.1. The quantitative estimate of drug-likeness (QED) is 0.802. The number of anilines is 1. The monoisotopic (exact) mass is 252 g/mol. The number of hydrogen-bond donors (Lipinski definition) is 2. The van der Waals surface area contributed by atoms with Crippen LogP contribution in [0.1, 0.15) is 12.8 Å². The van der Waals surface area contributed by atoms with Crippen molar-refractivity contribution in [3.05, 3.63) is 36.4 Å². The second kappa shape index (κ2) is 4.89. The van der Waals surface area contributed by atoms with Gasteiger partial charge in [-0.2, -0.15) is 0 Å². The smallest absolute Gasteiger partial charge is 0.240 e. The Morgan fingerprint density at radius 1 is 1.12 bits per heavy atom. The Labute approximate surface area is 102 Å². The average Bonchev–Trinajstić information content (AvgIpc) is 2.83. The lowest BCUT2D eigenvalue weighted by Crippen LogP contribution is -2.19. The summed E-state index contributed by atoms with van der Waals surface area (Å²) in [5.41, 5.74) is 0.953. The Bertz CT molecular complexity index is 498. The summed E-state index contributed by atoms with van der Waals surface area (Å²) in [6, 6.07) is 7.24. The molecule has 2 rings (SSSR count). The summed E-state index contributed by atoms with van der Waals surface area (Å²) in [6.07, 6.45) is 6.35. The van der Waals surface area contributed by atoms with Crippen LogP contribution in [0.5, 0.6) is 0 Å². The maximum atomic E-state index is 11.5. The van der Waals surface area contributed by atoms with Gasteiger partial charge in [0.2, 0.25) is 10.0 Å². The summed E-state index contributed by atoms with van der Waals surface area (Å²) >= 11 is 0. The van der Waals surface area contributed by atoms with E-state index in [2.05, 4.69) is 22.2 Å². The molecule has 0 unspecified atom stereocenters. The van der Waals surface area contributed by atoms with E-state index < -0.39 is 10.0 Å². The predicted octanol–water partition coefficient (Wildman–Crippen LogP) is 1.73. The van der Waals surface area contributed by atoms with Crippen molar-refractivity contribution < 1.29 is 8.42 Å². The molecule has 17 heavy (non-hydrogen) atoms. The molecule has 0 saturated carbocycles. The van der Waals surface area contributed by atoms with Crippen molar-refractivity contribution in [1.29, 1.82) is 0 Å². The van der Waals surface area contributed by atoms with Crippen LogP contribution < -0.4 is 10.0 Å². The lowest BCUT2D eigenvalue weighted by atomic mass is 10.2. The number of benzene rings is 1. The molecule has 2 N–H and O–H groups in total. The lowest BCUT2D eigenvalue weighted by Gasteiger charge is -2.13. The summed E-state index contributed by atoms with van der Waals surface area (Å²) in [7, 11) is -1.92. The van der Waals surface area contributed by atoms with E-state index in [0.717, 1.165) is 18.5 Å². The van der Waals surface area contributed by atoms with E-state index in [4.69, 9.17) is 0 Å². The largest absolute Gasteiger partial charge is 0.382 e. The van der Waals surface area contributed by atoms with Gasteiger partial charge >= 0.3 is 0 Å². The molecule has 0 amide bonds. The third-order valence-electron chi connectivity index (χ3n) is 2.81. The Kier molecular flexibility index (Phi) is 3.49. The molecule has 0 bridgehead atoms. The molecule has 0 spiro atoms. The van der Waals surface area contributed by atoms with E-state index >= 15 is 0 Å². The van der Waals surface area contributed by atoms with Crippen molar-refractivity contribution in [1.82, 2.24) is 4.72 Å². The zero-order valence-corrected chi connectivity index (χ0v) is 10.5. The van der Waals surface area contributed by atoms with E-state index in [1.807, 2.05) is 0 Å². The molecule has 1 aliphatic rings. The summed E-state index contributed by atoms with van der Waals surface area (Å²) in [6.45, 7) is 0. The first-order valence-corrected chi connectivity index (χ1v) is 7.05. The molecule has 0 atom stereocenters. The van der Waals surface area contributed by atoms with E-state index in [1.165, 1.54) is 7.05 Å². The Balaban J connectivity index is 2.08. The fourth-order valence-corrected chi connectivity index (χ4v) is 2.55. The van der Waals surface area contributed by atoms with Crippen molar-refractivity contribution in [2.75, 3.05) is 12.4 Å². The van der Waals surface area contributed by atoms with Crippen LogP contribution in [0.15, 0.2) is 41.3 Å². The Morgan fingerprint density at radius 3 is 2.24 bits per heavy atom. The zero-order valence-electron chi connectivity index (χ0n) is 9.68. The van der Waals surface area contributed by atoms with Crippen LogP contribution in [0, 0.1) is 0 Å². The predicted molar refractivity (Wildman–Crippen MR) is 68.5 cm³/mol. The minimum Gasteiger partial charge on any atom is -0.382 e. The van der Waals surface area contributed by atoms with Crippen LogP contribution in [-0.2, 0) is 10.0 Å². The van der Waals surface area contributed by atoms with Crippen LogP contribution in [0.3, 0.4) is 0 Å². The fourth-order valence-electron chi connectivity index (χ4n) is 1.82. The van der Waals surface area contributed by atoms with Gasteiger partial charge < -0.3 is 5.32 Å². The van der Waals surface area contributed by atoms with Gasteiger partial charge in [-0.15, -0.1) is 0 Å². The Hall–Kier alpha value is -1.33. The molecule has 1 aromatic carbocycles. The Morgan fingerprint density at radius 2 is 1.71 bits per heavy atom. The molecule has 0 radical (unpaired) electrons. The molecule has 0 saturated heterocycles. The summed E-state index contributed by atoms with van der Waals surface area (Å²) in [5, 5.41) is 3.36. The topological polar surface area (TPSA) is 58.2 Å². The maximum Gasteiger partial charge on any atom is 0.240 e. The second-order valence-corrected chi connectivity index (χ2v) is 5.90. The average molecular weight is 252 g/mol. The number of sulfonamides is 1. The van der Waals surface area contributed by atoms with Crippen molar-refractivity contribution in [3.8, 4) is 0 Å². The molecular weight excluding hydrogens is 236 g/mol. The molecule has 0 heterocycles. The van der Waals surface area contributed by atoms with Gasteiger partial charge in [-0.05, 0) is 44.2 Å². The summed E-state index contributed by atoms with van der Waals surface area (Å²) < 4.78 is 25.3. The van der Waals surface area contributed by atoms with Crippen molar-refractivity contribution in [2.24, 2.45) is 0 Å². The van der Waals surface area contributed by atoms with Gasteiger partial charge in [-0.25, -0.2) is 13.1 Å². The third kappa shape index (κ3) is 2.87. The highest BCUT2D eigenvalue weighted by atomic mass is 32.2. The molecule has 1 aromatic rings. The molecule has 5 heteroatoms. The van der Waals surface area contributed by atoms with Gasteiger partial charge in [-0.3, -0.25) is 0 Å². The molecule has 4 nitrogen and oxygen atoms in total. The number of nitrogens with one attached hydrogen (secondary N) is 2. The lowest BCUT2D eigenvalue weighted by molar-refractivity contribution is 0.588. The summed E-state index contributed by atoms with van der Waals surface area (Å²) in [4.78, 5) is 0.287. The van der Waals surface area contributed by atoms with E-state index in [1.54, 1.807) is 24.3 Å². The van der Waals surface area contributed by atoms with Crippen LogP contribution in [0.25, 0.3) is 0 Å². The van der Waals surface area contributed by atoms with Crippen LogP contribution in [0.4, 0.5) is 5.69 Å². The van der Waals surface area contributed by atoms with Crippen molar-refractivity contribution in [3.63, 3.8) is 0 Å². The standard InChI is InChI=1S/C12H16N2O2S/c1-13-17(15,16)12-8-6-11(7-9-12)14-10-4-2-3-5-10/h2-3,6-10,13-14H,4-5H2,1H3. The van der Waals surface area contributed by atoms with Gasteiger partial charge in [0.05, 0.1) is 4.90 Å². The van der Waals surface area contributed by atoms with E-state index in [-0.39, 0.29) is 4.90 Å². The van der Waals surface area contributed by atoms with Crippen molar-refractivity contribution in [2.45, 2.75) is 23.8 Å². The molecule has 0 aliphatic heterocycles.